The van der Waals surface area contributed by atoms with Crippen LogP contribution in [0.4, 0.5) is 0 Å². The summed E-state index contributed by atoms with van der Waals surface area (Å²) >= 11 is 0. The van der Waals surface area contributed by atoms with E-state index in [9.17, 15) is 0 Å². The van der Waals surface area contributed by atoms with Crippen LogP contribution in [0, 0.1) is 0 Å². The Morgan fingerprint density at radius 2 is 0.714 bits per heavy atom. The molecule has 0 unspecified atom stereocenters. The molecule has 3 heterocycles. The Kier molecular flexibility index (Phi) is 7.46. The second-order valence-corrected chi connectivity index (χ2v) is 14.1. The van der Waals surface area contributed by atoms with Gasteiger partial charge in [-0.3, -0.25) is 0 Å². The van der Waals surface area contributed by atoms with Crippen molar-refractivity contribution in [3.8, 4) is 67.3 Å². The van der Waals surface area contributed by atoms with E-state index in [1.165, 1.54) is 5.56 Å². The second kappa shape index (κ2) is 13.1. The molecule has 0 amide bonds. The van der Waals surface area contributed by atoms with Gasteiger partial charge in [0.15, 0.2) is 5.82 Å². The van der Waals surface area contributed by atoms with Gasteiger partial charge in [-0.2, -0.15) is 0 Å². The summed E-state index contributed by atoms with van der Waals surface area (Å²) in [5.74, 6) is 0.646. The summed E-state index contributed by atoms with van der Waals surface area (Å²) in [7, 11) is 0. The highest BCUT2D eigenvalue weighted by Crippen LogP contribution is 2.39. The van der Waals surface area contributed by atoms with E-state index >= 15 is 0 Å². The van der Waals surface area contributed by atoms with Gasteiger partial charge in [0.05, 0.1) is 11.4 Å². The highest BCUT2D eigenvalue weighted by molar-refractivity contribution is 6.10. The molecule has 0 fully saturated rings. The molecule has 0 aliphatic rings. The summed E-state index contributed by atoms with van der Waals surface area (Å²) in [4.78, 5) is 10.5. The average molecular weight is 717 g/mol. The average Bonchev–Trinajstić information content (AvgIpc) is 3.86. The summed E-state index contributed by atoms with van der Waals surface area (Å²) in [6.07, 6.45) is 0. The third kappa shape index (κ3) is 5.47. The molecule has 0 saturated heterocycles. The molecule has 0 bridgehead atoms. The molecule has 8 aromatic carbocycles. The second-order valence-electron chi connectivity index (χ2n) is 14.1. The molecule has 0 atom stereocenters. The van der Waals surface area contributed by atoms with Crippen molar-refractivity contribution in [1.82, 2.24) is 9.97 Å². The van der Waals surface area contributed by atoms with E-state index in [1.807, 2.05) is 30.3 Å². The minimum atomic E-state index is 0.646. The van der Waals surface area contributed by atoms with Gasteiger partial charge in [0, 0.05) is 49.4 Å². The predicted molar refractivity (Wildman–Crippen MR) is 229 cm³/mol. The highest BCUT2D eigenvalue weighted by Gasteiger charge is 2.17. The van der Waals surface area contributed by atoms with Gasteiger partial charge < -0.3 is 8.83 Å². The fourth-order valence-electron chi connectivity index (χ4n) is 7.96. The Morgan fingerprint density at radius 1 is 0.286 bits per heavy atom. The van der Waals surface area contributed by atoms with Crippen molar-refractivity contribution in [2.24, 2.45) is 0 Å². The van der Waals surface area contributed by atoms with E-state index in [0.717, 1.165) is 99.8 Å². The number of hydrogen-bond acceptors (Lipinski definition) is 4. The lowest BCUT2D eigenvalue weighted by atomic mass is 9.98. The Hall–Kier alpha value is -7.56. The number of fused-ring (bicyclic) bond motifs is 6. The minimum absolute atomic E-state index is 0.646. The number of rotatable bonds is 6. The monoisotopic (exact) mass is 716 g/mol. The SMILES string of the molecule is c1ccc(-c2ccc(-c3cc(-c4cccc(-c5cccc6c5oc5ccccc56)c4)nc(-c4cccc(-c5cccc6c5oc5ccccc56)c4)n3)cc2)cc1. The van der Waals surface area contributed by atoms with Crippen LogP contribution in [0.3, 0.4) is 0 Å². The predicted octanol–water partition coefficient (Wildman–Crippen LogP) is 14.3. The molecule has 4 nitrogen and oxygen atoms in total. The van der Waals surface area contributed by atoms with Crippen molar-refractivity contribution in [3.05, 3.63) is 194 Å². The van der Waals surface area contributed by atoms with Crippen LogP contribution in [-0.4, -0.2) is 9.97 Å². The van der Waals surface area contributed by atoms with Crippen LogP contribution < -0.4 is 0 Å². The molecular weight excluding hydrogens is 685 g/mol. The van der Waals surface area contributed by atoms with Crippen LogP contribution in [0.25, 0.3) is 111 Å². The quantitative estimate of drug-likeness (QED) is 0.172. The number of nitrogens with zero attached hydrogens (tertiary/aromatic N) is 2. The highest BCUT2D eigenvalue weighted by atomic mass is 16.3. The zero-order valence-electron chi connectivity index (χ0n) is 30.2. The zero-order chi connectivity index (χ0) is 37.0. The van der Waals surface area contributed by atoms with Gasteiger partial charge in [0.25, 0.3) is 0 Å². The summed E-state index contributed by atoms with van der Waals surface area (Å²) in [5, 5.41) is 4.43. The van der Waals surface area contributed by atoms with E-state index in [-0.39, 0.29) is 0 Å². The Labute approximate surface area is 323 Å². The van der Waals surface area contributed by atoms with Crippen molar-refractivity contribution < 1.29 is 8.83 Å². The van der Waals surface area contributed by atoms with Crippen molar-refractivity contribution in [1.29, 1.82) is 0 Å². The molecule has 0 radical (unpaired) electrons. The Balaban J connectivity index is 1.06. The van der Waals surface area contributed by atoms with Crippen molar-refractivity contribution in [2.45, 2.75) is 0 Å². The van der Waals surface area contributed by atoms with E-state index in [0.29, 0.717) is 5.82 Å². The van der Waals surface area contributed by atoms with Crippen molar-refractivity contribution >= 4 is 43.9 Å². The molecule has 56 heavy (non-hydrogen) atoms. The molecule has 11 aromatic rings. The van der Waals surface area contributed by atoms with Crippen LogP contribution in [-0.2, 0) is 0 Å². The topological polar surface area (TPSA) is 52.1 Å². The maximum absolute atomic E-state index is 6.44. The van der Waals surface area contributed by atoms with E-state index in [2.05, 4.69) is 164 Å². The van der Waals surface area contributed by atoms with Gasteiger partial charge in [0.2, 0.25) is 0 Å². The molecule has 0 saturated carbocycles. The van der Waals surface area contributed by atoms with E-state index in [4.69, 9.17) is 18.8 Å². The maximum atomic E-state index is 6.44. The number of aromatic nitrogens is 2. The zero-order valence-corrected chi connectivity index (χ0v) is 30.2. The lowest BCUT2D eigenvalue weighted by Crippen LogP contribution is -1.96. The number of furan rings is 2. The largest absolute Gasteiger partial charge is 0.455 e. The normalized spacial score (nSPS) is 11.6. The van der Waals surface area contributed by atoms with Gasteiger partial charge in [-0.05, 0) is 52.6 Å². The number of benzene rings is 8. The van der Waals surface area contributed by atoms with Crippen LogP contribution >= 0.6 is 0 Å². The van der Waals surface area contributed by atoms with Crippen LogP contribution in [0.15, 0.2) is 203 Å². The molecule has 4 heteroatoms. The molecule has 262 valence electrons. The summed E-state index contributed by atoms with van der Waals surface area (Å²) < 4.78 is 12.9. The van der Waals surface area contributed by atoms with Crippen LogP contribution in [0.2, 0.25) is 0 Å². The van der Waals surface area contributed by atoms with E-state index in [1.54, 1.807) is 0 Å². The van der Waals surface area contributed by atoms with Crippen molar-refractivity contribution in [2.75, 3.05) is 0 Å². The fraction of sp³-hybridized carbons (Fsp3) is 0. The van der Waals surface area contributed by atoms with Gasteiger partial charge >= 0.3 is 0 Å². The summed E-state index contributed by atoms with van der Waals surface area (Å²) in [6, 6.07) is 67.3. The molecule has 0 aliphatic carbocycles. The summed E-state index contributed by atoms with van der Waals surface area (Å²) in [6.45, 7) is 0. The maximum Gasteiger partial charge on any atom is 0.160 e. The molecular formula is C52H32N2O2. The molecule has 0 aliphatic heterocycles. The van der Waals surface area contributed by atoms with Crippen molar-refractivity contribution in [3.63, 3.8) is 0 Å². The fourth-order valence-corrected chi connectivity index (χ4v) is 7.96. The van der Waals surface area contributed by atoms with Crippen LogP contribution in [0.1, 0.15) is 0 Å². The van der Waals surface area contributed by atoms with Gasteiger partial charge in [-0.1, -0.05) is 164 Å². The summed E-state index contributed by atoms with van der Waals surface area (Å²) in [5.41, 5.74) is 14.6. The molecule has 3 aromatic heterocycles. The molecule has 0 spiro atoms. The van der Waals surface area contributed by atoms with Crippen LogP contribution in [0.5, 0.6) is 0 Å². The van der Waals surface area contributed by atoms with Gasteiger partial charge in [-0.15, -0.1) is 0 Å². The smallest absolute Gasteiger partial charge is 0.160 e. The first-order chi connectivity index (χ1) is 27.7. The number of hydrogen-bond donors (Lipinski definition) is 0. The first-order valence-electron chi connectivity index (χ1n) is 18.8. The van der Waals surface area contributed by atoms with E-state index < -0.39 is 0 Å². The Bertz CT molecular complexity index is 3070. The minimum Gasteiger partial charge on any atom is -0.455 e. The molecule has 0 N–H and O–H groups in total. The third-order valence-electron chi connectivity index (χ3n) is 10.7. The third-order valence-corrected chi connectivity index (χ3v) is 10.7. The first-order valence-corrected chi connectivity index (χ1v) is 18.8. The first kappa shape index (κ1) is 31.9. The lowest BCUT2D eigenvalue weighted by molar-refractivity contribution is 0.669. The van der Waals surface area contributed by atoms with Gasteiger partial charge in [-0.25, -0.2) is 9.97 Å². The lowest BCUT2D eigenvalue weighted by Gasteiger charge is -2.12. The van der Waals surface area contributed by atoms with Gasteiger partial charge in [0.1, 0.15) is 22.3 Å². The standard InChI is InChI=1S/C52H32N2O2/c1-2-12-33(13-3-1)34-26-28-35(29-27-34)46-32-47(38-16-8-14-36(30-38)40-20-10-22-44-42-18-4-6-24-48(42)55-50(40)44)54-52(53-46)39-17-9-15-37(31-39)41-21-11-23-45-43-19-5-7-25-49(43)56-51(41)45/h1-32H. The Morgan fingerprint density at radius 3 is 1.34 bits per heavy atom. The number of para-hydroxylation sites is 4. The molecule has 11 rings (SSSR count).